The molecule has 2 aromatic rings. The molecule has 2 heteroatoms. The molecule has 2 nitrogen and oxygen atoms in total. The van der Waals surface area contributed by atoms with Crippen LogP contribution in [0.3, 0.4) is 0 Å². The second kappa shape index (κ2) is 5.87. The van der Waals surface area contributed by atoms with Crippen LogP contribution < -0.4 is 0 Å². The van der Waals surface area contributed by atoms with Crippen molar-refractivity contribution in [1.82, 2.24) is 4.57 Å². The topological polar surface area (TPSA) is 25.2 Å². The molecule has 0 aliphatic rings. The maximum absolute atomic E-state index is 9.39. The molecule has 0 fully saturated rings. The number of aliphatic hydroxyl groups is 1. The lowest BCUT2D eigenvalue weighted by molar-refractivity contribution is 0.267. The maximum Gasteiger partial charge on any atom is 0.0832 e. The van der Waals surface area contributed by atoms with E-state index in [1.165, 1.54) is 11.3 Å². The zero-order valence-corrected chi connectivity index (χ0v) is 11.1. The number of benzene rings is 1. The predicted octanol–water partition coefficient (Wildman–Crippen LogP) is 3.23. The Bertz CT molecular complexity index is 485. The average molecular weight is 243 g/mol. The standard InChI is InChI=1S/C16H21NO/c1-13(2)11-17-15(8-9-16(17)12-18)10-14-6-4-3-5-7-14/h3-9,13,18H,10-12H2,1-2H3. The van der Waals surface area contributed by atoms with Gasteiger partial charge in [-0.05, 0) is 23.6 Å². The first-order valence-electron chi connectivity index (χ1n) is 6.52. The molecule has 1 aromatic heterocycles. The van der Waals surface area contributed by atoms with Gasteiger partial charge in [-0.3, -0.25) is 0 Å². The van der Waals surface area contributed by atoms with Gasteiger partial charge in [0.05, 0.1) is 6.61 Å². The van der Waals surface area contributed by atoms with Crippen LogP contribution >= 0.6 is 0 Å². The summed E-state index contributed by atoms with van der Waals surface area (Å²) in [6, 6.07) is 14.6. The highest BCUT2D eigenvalue weighted by Gasteiger charge is 2.09. The van der Waals surface area contributed by atoms with E-state index in [-0.39, 0.29) is 6.61 Å². The third-order valence-corrected chi connectivity index (χ3v) is 3.10. The molecule has 18 heavy (non-hydrogen) atoms. The summed E-state index contributed by atoms with van der Waals surface area (Å²) < 4.78 is 2.25. The van der Waals surface area contributed by atoms with Gasteiger partial charge in [0.25, 0.3) is 0 Å². The summed E-state index contributed by atoms with van der Waals surface area (Å²) >= 11 is 0. The highest BCUT2D eigenvalue weighted by molar-refractivity contribution is 5.25. The van der Waals surface area contributed by atoms with E-state index in [0.717, 1.165) is 18.7 Å². The van der Waals surface area contributed by atoms with Crippen molar-refractivity contribution in [2.24, 2.45) is 5.92 Å². The summed E-state index contributed by atoms with van der Waals surface area (Å²) in [5, 5.41) is 9.39. The molecular formula is C16H21NO. The molecule has 0 atom stereocenters. The minimum absolute atomic E-state index is 0.113. The fourth-order valence-corrected chi connectivity index (χ4v) is 2.25. The van der Waals surface area contributed by atoms with E-state index in [4.69, 9.17) is 0 Å². The van der Waals surface area contributed by atoms with Crippen molar-refractivity contribution >= 4 is 0 Å². The summed E-state index contributed by atoms with van der Waals surface area (Å²) in [6.07, 6.45) is 0.924. The van der Waals surface area contributed by atoms with Crippen LogP contribution in [0.25, 0.3) is 0 Å². The van der Waals surface area contributed by atoms with Gasteiger partial charge in [-0.25, -0.2) is 0 Å². The number of aliphatic hydroxyl groups excluding tert-OH is 1. The van der Waals surface area contributed by atoms with Crippen molar-refractivity contribution in [2.75, 3.05) is 0 Å². The number of hydrogen-bond acceptors (Lipinski definition) is 1. The minimum Gasteiger partial charge on any atom is -0.390 e. The van der Waals surface area contributed by atoms with Crippen LogP contribution in [0.15, 0.2) is 42.5 Å². The lowest BCUT2D eigenvalue weighted by atomic mass is 10.1. The van der Waals surface area contributed by atoms with E-state index in [2.05, 4.69) is 48.7 Å². The van der Waals surface area contributed by atoms with Gasteiger partial charge >= 0.3 is 0 Å². The Kier molecular flexibility index (Phi) is 4.21. The molecule has 0 unspecified atom stereocenters. The van der Waals surface area contributed by atoms with Gasteiger partial charge in [0.15, 0.2) is 0 Å². The minimum atomic E-state index is 0.113. The van der Waals surface area contributed by atoms with Gasteiger partial charge in [0.1, 0.15) is 0 Å². The predicted molar refractivity (Wildman–Crippen MR) is 74.4 cm³/mol. The van der Waals surface area contributed by atoms with Crippen LogP contribution in [-0.4, -0.2) is 9.67 Å². The molecule has 1 aromatic carbocycles. The van der Waals surface area contributed by atoms with Crippen molar-refractivity contribution < 1.29 is 5.11 Å². The second-order valence-electron chi connectivity index (χ2n) is 5.14. The van der Waals surface area contributed by atoms with E-state index in [1.807, 2.05) is 12.1 Å². The van der Waals surface area contributed by atoms with Crippen molar-refractivity contribution in [3.63, 3.8) is 0 Å². The van der Waals surface area contributed by atoms with E-state index in [9.17, 15) is 5.11 Å². The summed E-state index contributed by atoms with van der Waals surface area (Å²) in [5.41, 5.74) is 3.60. The highest BCUT2D eigenvalue weighted by atomic mass is 16.3. The molecule has 0 saturated heterocycles. The third-order valence-electron chi connectivity index (χ3n) is 3.10. The van der Waals surface area contributed by atoms with Gasteiger partial charge in [0.2, 0.25) is 0 Å². The normalized spacial score (nSPS) is 11.1. The van der Waals surface area contributed by atoms with Crippen LogP contribution in [0.4, 0.5) is 0 Å². The van der Waals surface area contributed by atoms with Crippen LogP contribution in [0.2, 0.25) is 0 Å². The number of aromatic nitrogens is 1. The second-order valence-corrected chi connectivity index (χ2v) is 5.14. The van der Waals surface area contributed by atoms with Crippen molar-refractivity contribution in [3.8, 4) is 0 Å². The Hall–Kier alpha value is -1.54. The SMILES string of the molecule is CC(C)Cn1c(CO)ccc1Cc1ccccc1. The van der Waals surface area contributed by atoms with Crippen LogP contribution in [-0.2, 0) is 19.6 Å². The molecule has 0 aliphatic heterocycles. The quantitative estimate of drug-likeness (QED) is 0.857. The zero-order chi connectivity index (χ0) is 13.0. The van der Waals surface area contributed by atoms with Gasteiger partial charge < -0.3 is 9.67 Å². The Balaban J connectivity index is 2.24. The summed E-state index contributed by atoms with van der Waals surface area (Å²) in [7, 11) is 0. The number of hydrogen-bond donors (Lipinski definition) is 1. The molecule has 0 amide bonds. The smallest absolute Gasteiger partial charge is 0.0832 e. The Morgan fingerprint density at radius 1 is 1.00 bits per heavy atom. The first-order chi connectivity index (χ1) is 8.70. The van der Waals surface area contributed by atoms with Gasteiger partial charge in [-0.15, -0.1) is 0 Å². The fourth-order valence-electron chi connectivity index (χ4n) is 2.25. The number of rotatable bonds is 5. The zero-order valence-electron chi connectivity index (χ0n) is 11.1. The Labute approximate surface area is 109 Å². The fraction of sp³-hybridized carbons (Fsp3) is 0.375. The summed E-state index contributed by atoms with van der Waals surface area (Å²) in [4.78, 5) is 0. The molecule has 1 N–H and O–H groups in total. The largest absolute Gasteiger partial charge is 0.390 e. The Morgan fingerprint density at radius 2 is 1.67 bits per heavy atom. The van der Waals surface area contributed by atoms with E-state index in [0.29, 0.717) is 5.92 Å². The monoisotopic (exact) mass is 243 g/mol. The number of nitrogens with zero attached hydrogens (tertiary/aromatic N) is 1. The first kappa shape index (κ1) is 12.9. The van der Waals surface area contributed by atoms with Gasteiger partial charge in [0, 0.05) is 24.4 Å². The van der Waals surface area contributed by atoms with Crippen molar-refractivity contribution in [3.05, 3.63) is 59.4 Å². The highest BCUT2D eigenvalue weighted by Crippen LogP contribution is 2.16. The maximum atomic E-state index is 9.39. The van der Waals surface area contributed by atoms with E-state index >= 15 is 0 Å². The van der Waals surface area contributed by atoms with Crippen molar-refractivity contribution in [1.29, 1.82) is 0 Å². The molecule has 96 valence electrons. The molecule has 0 spiro atoms. The molecule has 0 bridgehead atoms. The third kappa shape index (κ3) is 3.02. The van der Waals surface area contributed by atoms with Crippen molar-refractivity contribution in [2.45, 2.75) is 33.4 Å². The molecule has 2 rings (SSSR count). The summed E-state index contributed by atoms with van der Waals surface area (Å²) in [5.74, 6) is 0.581. The first-order valence-corrected chi connectivity index (χ1v) is 6.52. The van der Waals surface area contributed by atoms with E-state index < -0.39 is 0 Å². The lowest BCUT2D eigenvalue weighted by Gasteiger charge is -2.15. The van der Waals surface area contributed by atoms with Crippen LogP contribution in [0.5, 0.6) is 0 Å². The molecule has 0 saturated carbocycles. The van der Waals surface area contributed by atoms with Crippen LogP contribution in [0, 0.1) is 5.92 Å². The summed E-state index contributed by atoms with van der Waals surface area (Å²) in [6.45, 7) is 5.48. The molecule has 0 aliphatic carbocycles. The molecular weight excluding hydrogens is 222 g/mol. The average Bonchev–Trinajstić information content (AvgIpc) is 2.72. The van der Waals surface area contributed by atoms with Gasteiger partial charge in [-0.2, -0.15) is 0 Å². The van der Waals surface area contributed by atoms with E-state index in [1.54, 1.807) is 0 Å². The Morgan fingerprint density at radius 3 is 2.28 bits per heavy atom. The van der Waals surface area contributed by atoms with Crippen LogP contribution in [0.1, 0.15) is 30.8 Å². The lowest BCUT2D eigenvalue weighted by Crippen LogP contribution is -2.11. The van der Waals surface area contributed by atoms with Gasteiger partial charge in [-0.1, -0.05) is 44.2 Å². The molecule has 1 heterocycles. The molecule has 0 radical (unpaired) electrons.